The van der Waals surface area contributed by atoms with E-state index < -0.39 is 27.3 Å². The second-order valence-electron chi connectivity index (χ2n) is 7.57. The zero-order chi connectivity index (χ0) is 24.5. The summed E-state index contributed by atoms with van der Waals surface area (Å²) in [4.78, 5) is 14.2. The Bertz CT molecular complexity index is 1350. The molecule has 0 saturated carbocycles. The summed E-state index contributed by atoms with van der Waals surface area (Å²) < 4.78 is 56.1. The van der Waals surface area contributed by atoms with Crippen LogP contribution >= 0.6 is 23.2 Å². The third kappa shape index (κ3) is 5.02. The molecule has 0 atom stereocenters. The van der Waals surface area contributed by atoms with Crippen LogP contribution in [0.15, 0.2) is 65.6 Å². The molecule has 6 nitrogen and oxygen atoms in total. The third-order valence-electron chi connectivity index (χ3n) is 5.43. The molecule has 3 aromatic rings. The van der Waals surface area contributed by atoms with Gasteiger partial charge < -0.3 is 10.2 Å². The number of sulfonamides is 1. The van der Waals surface area contributed by atoms with E-state index in [2.05, 4.69) is 5.32 Å². The summed E-state index contributed by atoms with van der Waals surface area (Å²) in [6.07, 6.45) is 0. The van der Waals surface area contributed by atoms with Gasteiger partial charge in [-0.3, -0.25) is 4.79 Å². The molecule has 1 fully saturated rings. The first-order valence-electron chi connectivity index (χ1n) is 10.2. The smallest absolute Gasteiger partial charge is 0.258 e. The average molecular weight is 526 g/mol. The van der Waals surface area contributed by atoms with Crippen LogP contribution in [0.1, 0.15) is 10.4 Å². The van der Waals surface area contributed by atoms with Crippen molar-refractivity contribution in [2.24, 2.45) is 0 Å². The molecule has 0 unspecified atom stereocenters. The predicted molar refractivity (Wildman–Crippen MR) is 128 cm³/mol. The Morgan fingerprint density at radius 2 is 1.56 bits per heavy atom. The van der Waals surface area contributed by atoms with Gasteiger partial charge in [0.15, 0.2) is 0 Å². The maximum atomic E-state index is 14.4. The first kappa shape index (κ1) is 24.4. The van der Waals surface area contributed by atoms with Crippen molar-refractivity contribution in [1.29, 1.82) is 0 Å². The van der Waals surface area contributed by atoms with Crippen molar-refractivity contribution >= 4 is 50.5 Å². The van der Waals surface area contributed by atoms with Crippen LogP contribution in [0, 0.1) is 11.6 Å². The lowest BCUT2D eigenvalue weighted by Gasteiger charge is -2.35. The standard InChI is InChI=1S/C23H19Cl2F2N3O3S/c24-18-7-5-15(13-19(18)25)28-23(31)17-14-16(6-8-20(17)26)34(32,33)30-11-9-29(10-12-30)22-4-2-1-3-21(22)27/h1-8,13-14H,9-12H2,(H,28,31). The second-order valence-corrected chi connectivity index (χ2v) is 10.3. The van der Waals surface area contributed by atoms with E-state index in [-0.39, 0.29) is 52.6 Å². The van der Waals surface area contributed by atoms with Crippen LogP contribution in [0.25, 0.3) is 0 Å². The summed E-state index contributed by atoms with van der Waals surface area (Å²) in [5.41, 5.74) is 0.246. The number of hydrogen-bond acceptors (Lipinski definition) is 4. The van der Waals surface area contributed by atoms with Gasteiger partial charge in [0, 0.05) is 31.9 Å². The lowest BCUT2D eigenvalue weighted by Crippen LogP contribution is -2.48. The number of benzene rings is 3. The van der Waals surface area contributed by atoms with Crippen molar-refractivity contribution in [3.63, 3.8) is 0 Å². The van der Waals surface area contributed by atoms with E-state index in [0.29, 0.717) is 5.69 Å². The molecule has 11 heteroatoms. The van der Waals surface area contributed by atoms with Crippen molar-refractivity contribution in [2.75, 3.05) is 36.4 Å². The molecule has 1 amide bonds. The number of para-hydroxylation sites is 1. The zero-order valence-corrected chi connectivity index (χ0v) is 20.0. The van der Waals surface area contributed by atoms with Crippen molar-refractivity contribution in [3.8, 4) is 0 Å². The molecule has 1 aliphatic heterocycles. The van der Waals surface area contributed by atoms with Crippen molar-refractivity contribution in [2.45, 2.75) is 4.90 Å². The van der Waals surface area contributed by atoms with E-state index >= 15 is 0 Å². The summed E-state index contributed by atoms with van der Waals surface area (Å²) in [5, 5.41) is 2.97. The summed E-state index contributed by atoms with van der Waals surface area (Å²) in [5.74, 6) is -2.09. The Morgan fingerprint density at radius 1 is 0.853 bits per heavy atom. The van der Waals surface area contributed by atoms with Gasteiger partial charge in [-0.15, -0.1) is 0 Å². The maximum Gasteiger partial charge on any atom is 0.258 e. The summed E-state index contributed by atoms with van der Waals surface area (Å²) in [6, 6.07) is 13.7. The number of carbonyl (C=O) groups is 1. The Morgan fingerprint density at radius 3 is 2.24 bits per heavy atom. The van der Waals surface area contributed by atoms with Crippen molar-refractivity contribution < 1.29 is 22.0 Å². The Kier molecular flexibility index (Phi) is 7.09. The minimum Gasteiger partial charge on any atom is -0.367 e. The van der Waals surface area contributed by atoms with Crippen molar-refractivity contribution in [3.05, 3.63) is 87.9 Å². The number of rotatable bonds is 5. The molecule has 0 spiro atoms. The topological polar surface area (TPSA) is 69.7 Å². The summed E-state index contributed by atoms with van der Waals surface area (Å²) >= 11 is 11.8. The lowest BCUT2D eigenvalue weighted by atomic mass is 10.2. The number of halogens is 4. The van der Waals surface area contributed by atoms with Crippen LogP contribution in [0.5, 0.6) is 0 Å². The predicted octanol–water partition coefficient (Wildman–Crippen LogP) is 5.03. The molecule has 3 aromatic carbocycles. The second kappa shape index (κ2) is 9.87. The van der Waals surface area contributed by atoms with Crippen LogP contribution in [0.4, 0.5) is 20.2 Å². The third-order valence-corrected chi connectivity index (χ3v) is 8.06. The molecule has 34 heavy (non-hydrogen) atoms. The number of piperazine rings is 1. The highest BCUT2D eigenvalue weighted by Crippen LogP contribution is 2.27. The number of nitrogens with zero attached hydrogens (tertiary/aromatic N) is 2. The van der Waals surface area contributed by atoms with Gasteiger partial charge in [-0.1, -0.05) is 35.3 Å². The maximum absolute atomic E-state index is 14.4. The zero-order valence-electron chi connectivity index (χ0n) is 17.6. The molecule has 1 saturated heterocycles. The number of carbonyl (C=O) groups excluding carboxylic acids is 1. The fraction of sp³-hybridized carbons (Fsp3) is 0.174. The Hall–Kier alpha value is -2.72. The van der Waals surface area contributed by atoms with Gasteiger partial charge in [-0.25, -0.2) is 17.2 Å². The van der Waals surface area contributed by atoms with E-state index in [9.17, 15) is 22.0 Å². The highest BCUT2D eigenvalue weighted by molar-refractivity contribution is 7.89. The highest BCUT2D eigenvalue weighted by atomic mass is 35.5. The minimum absolute atomic E-state index is 0.110. The normalized spacial score (nSPS) is 14.8. The molecule has 0 aliphatic carbocycles. The molecule has 1 N–H and O–H groups in total. The SMILES string of the molecule is O=C(Nc1ccc(Cl)c(Cl)c1)c1cc(S(=O)(=O)N2CCN(c3ccccc3F)CC2)ccc1F. The Balaban J connectivity index is 1.51. The van der Waals surface area contributed by atoms with E-state index in [1.165, 1.54) is 28.6 Å². The largest absolute Gasteiger partial charge is 0.367 e. The number of nitrogens with one attached hydrogen (secondary N) is 1. The van der Waals surface area contributed by atoms with Crippen LogP contribution in [0.2, 0.25) is 10.0 Å². The van der Waals surface area contributed by atoms with Gasteiger partial charge in [0.25, 0.3) is 5.91 Å². The number of anilines is 2. The molecule has 0 radical (unpaired) electrons. The van der Waals surface area contributed by atoms with E-state index in [1.54, 1.807) is 23.1 Å². The summed E-state index contributed by atoms with van der Waals surface area (Å²) in [6.45, 7) is 0.787. The van der Waals surface area contributed by atoms with Gasteiger partial charge in [-0.2, -0.15) is 4.31 Å². The highest BCUT2D eigenvalue weighted by Gasteiger charge is 2.30. The molecular formula is C23H19Cl2F2N3O3S. The average Bonchev–Trinajstić information content (AvgIpc) is 2.82. The molecular weight excluding hydrogens is 507 g/mol. The van der Waals surface area contributed by atoms with E-state index in [1.807, 2.05) is 0 Å². The fourth-order valence-electron chi connectivity index (χ4n) is 3.64. The van der Waals surface area contributed by atoms with E-state index in [4.69, 9.17) is 23.2 Å². The molecule has 4 rings (SSSR count). The van der Waals surface area contributed by atoms with Crippen LogP contribution in [0.3, 0.4) is 0 Å². The quantitative estimate of drug-likeness (QED) is 0.506. The Labute approximate surface area is 205 Å². The number of hydrogen-bond donors (Lipinski definition) is 1. The molecule has 1 heterocycles. The van der Waals surface area contributed by atoms with Gasteiger partial charge in [-0.05, 0) is 48.5 Å². The molecule has 0 aromatic heterocycles. The van der Waals surface area contributed by atoms with Gasteiger partial charge in [0.2, 0.25) is 10.0 Å². The van der Waals surface area contributed by atoms with E-state index in [0.717, 1.165) is 18.2 Å². The monoisotopic (exact) mass is 525 g/mol. The van der Waals surface area contributed by atoms with Crippen molar-refractivity contribution in [1.82, 2.24) is 4.31 Å². The first-order chi connectivity index (χ1) is 16.2. The first-order valence-corrected chi connectivity index (χ1v) is 12.4. The van der Waals surface area contributed by atoms with Crippen LogP contribution in [-0.2, 0) is 10.0 Å². The summed E-state index contributed by atoms with van der Waals surface area (Å²) in [7, 11) is -4.01. The van der Waals surface area contributed by atoms with Gasteiger partial charge in [0.1, 0.15) is 11.6 Å². The van der Waals surface area contributed by atoms with Crippen LogP contribution in [-0.4, -0.2) is 44.8 Å². The molecule has 0 bridgehead atoms. The van der Waals surface area contributed by atoms with Gasteiger partial charge in [0.05, 0.1) is 26.2 Å². The van der Waals surface area contributed by atoms with Gasteiger partial charge >= 0.3 is 0 Å². The number of amides is 1. The van der Waals surface area contributed by atoms with Crippen LogP contribution < -0.4 is 10.2 Å². The molecule has 178 valence electrons. The lowest BCUT2D eigenvalue weighted by molar-refractivity contribution is 0.102. The molecule has 1 aliphatic rings. The fourth-order valence-corrected chi connectivity index (χ4v) is 5.38. The minimum atomic E-state index is -4.01.